The van der Waals surface area contributed by atoms with E-state index in [4.69, 9.17) is 11.6 Å². The third kappa shape index (κ3) is 3.75. The van der Waals surface area contributed by atoms with E-state index in [0.717, 1.165) is 0 Å². The lowest BCUT2D eigenvalue weighted by molar-refractivity contribution is -0.123. The van der Waals surface area contributed by atoms with Crippen LogP contribution in [0.1, 0.15) is 12.0 Å². The fraction of sp³-hybridized carbons (Fsp3) is 0.125. The van der Waals surface area contributed by atoms with Crippen molar-refractivity contribution in [3.8, 4) is 0 Å². The van der Waals surface area contributed by atoms with Crippen LogP contribution in [0.25, 0.3) is 0 Å². The molecule has 0 unspecified atom stereocenters. The van der Waals surface area contributed by atoms with Crippen LogP contribution in [0.4, 0.5) is 17.1 Å². The third-order valence-electron chi connectivity index (χ3n) is 3.61. The highest BCUT2D eigenvalue weighted by molar-refractivity contribution is 7.92. The highest BCUT2D eigenvalue weighted by atomic mass is 35.5. The fourth-order valence-corrected chi connectivity index (χ4v) is 3.67. The van der Waals surface area contributed by atoms with Crippen molar-refractivity contribution in [1.82, 2.24) is 0 Å². The van der Waals surface area contributed by atoms with Crippen LogP contribution in [0.3, 0.4) is 0 Å². The average molecular weight is 380 g/mol. The van der Waals surface area contributed by atoms with Crippen molar-refractivity contribution >= 4 is 50.5 Å². The number of nitrogens with one attached hydrogen (secondary N) is 3. The lowest BCUT2D eigenvalue weighted by atomic mass is 10.2. The van der Waals surface area contributed by atoms with Crippen LogP contribution in [0.5, 0.6) is 0 Å². The topological polar surface area (TPSA) is 104 Å². The van der Waals surface area contributed by atoms with Gasteiger partial charge >= 0.3 is 0 Å². The third-order valence-corrected chi connectivity index (χ3v) is 5.21. The number of rotatable bonds is 3. The van der Waals surface area contributed by atoms with Crippen molar-refractivity contribution in [1.29, 1.82) is 0 Å². The minimum Gasteiger partial charge on any atom is -0.324 e. The van der Waals surface area contributed by atoms with Gasteiger partial charge in [0.1, 0.15) is 6.42 Å². The van der Waals surface area contributed by atoms with Gasteiger partial charge in [-0.15, -0.1) is 0 Å². The highest BCUT2D eigenvalue weighted by Gasteiger charge is 2.22. The van der Waals surface area contributed by atoms with Gasteiger partial charge in [-0.25, -0.2) is 8.42 Å². The number of halogens is 1. The Kier molecular flexibility index (Phi) is 4.40. The zero-order valence-corrected chi connectivity index (χ0v) is 14.7. The molecule has 0 saturated heterocycles. The van der Waals surface area contributed by atoms with Gasteiger partial charge in [-0.05, 0) is 42.8 Å². The number of benzene rings is 2. The number of aryl methyl sites for hydroxylation is 1. The molecule has 0 spiro atoms. The summed E-state index contributed by atoms with van der Waals surface area (Å²) in [5.41, 5.74) is 1.64. The van der Waals surface area contributed by atoms with Gasteiger partial charge in [0, 0.05) is 5.02 Å². The van der Waals surface area contributed by atoms with E-state index in [1.807, 2.05) is 0 Å². The molecule has 1 aliphatic rings. The summed E-state index contributed by atoms with van der Waals surface area (Å²) in [4.78, 5) is 23.1. The van der Waals surface area contributed by atoms with E-state index in [1.54, 1.807) is 19.1 Å². The SMILES string of the molecule is Cc1ccc(Cl)cc1NS(=O)(=O)c1ccc2c(c1)NC(=O)CC(=O)N2. The molecule has 3 N–H and O–H groups in total. The number of carbonyl (C=O) groups excluding carboxylic acids is 2. The molecule has 9 heteroatoms. The van der Waals surface area contributed by atoms with Crippen molar-refractivity contribution in [3.05, 3.63) is 47.0 Å². The molecular formula is C16H14ClN3O4S. The van der Waals surface area contributed by atoms with Gasteiger partial charge in [-0.1, -0.05) is 17.7 Å². The molecule has 0 saturated carbocycles. The van der Waals surface area contributed by atoms with Crippen LogP contribution in [0, 0.1) is 6.92 Å². The van der Waals surface area contributed by atoms with E-state index in [0.29, 0.717) is 22.0 Å². The Bertz CT molecular complexity index is 989. The second-order valence-corrected chi connectivity index (χ2v) is 7.66. The van der Waals surface area contributed by atoms with Crippen LogP contribution in [-0.4, -0.2) is 20.2 Å². The Labute approximate surface area is 149 Å². The first-order valence-corrected chi connectivity index (χ1v) is 9.13. The lowest BCUT2D eigenvalue weighted by Crippen LogP contribution is -2.16. The largest absolute Gasteiger partial charge is 0.324 e. The maximum absolute atomic E-state index is 12.6. The minimum absolute atomic E-state index is 0.0536. The first-order valence-electron chi connectivity index (χ1n) is 7.27. The average Bonchev–Trinajstić information content (AvgIpc) is 2.66. The molecule has 0 aliphatic carbocycles. The van der Waals surface area contributed by atoms with Crippen molar-refractivity contribution < 1.29 is 18.0 Å². The van der Waals surface area contributed by atoms with Gasteiger partial charge in [-0.3, -0.25) is 14.3 Å². The lowest BCUT2D eigenvalue weighted by Gasteiger charge is -2.13. The summed E-state index contributed by atoms with van der Waals surface area (Å²) < 4.78 is 27.7. The Balaban J connectivity index is 1.97. The van der Waals surface area contributed by atoms with E-state index in [-0.39, 0.29) is 17.0 Å². The second kappa shape index (κ2) is 6.38. The maximum Gasteiger partial charge on any atom is 0.261 e. The van der Waals surface area contributed by atoms with Gasteiger partial charge < -0.3 is 10.6 Å². The van der Waals surface area contributed by atoms with Gasteiger partial charge in [0.05, 0.1) is 22.0 Å². The molecule has 1 heterocycles. The predicted octanol–water partition coefficient (Wildman–Crippen LogP) is 2.73. The van der Waals surface area contributed by atoms with E-state index < -0.39 is 21.8 Å². The smallest absolute Gasteiger partial charge is 0.261 e. The van der Waals surface area contributed by atoms with Gasteiger partial charge in [0.15, 0.2) is 0 Å². The van der Waals surface area contributed by atoms with E-state index in [2.05, 4.69) is 15.4 Å². The van der Waals surface area contributed by atoms with Crippen LogP contribution in [0.15, 0.2) is 41.3 Å². The first kappa shape index (κ1) is 17.2. The Morgan fingerprint density at radius 2 is 1.68 bits per heavy atom. The number of amides is 2. The molecule has 0 aromatic heterocycles. The zero-order chi connectivity index (χ0) is 18.2. The van der Waals surface area contributed by atoms with Crippen molar-refractivity contribution in [3.63, 3.8) is 0 Å². The molecule has 2 aromatic rings. The maximum atomic E-state index is 12.6. The Hall–Kier alpha value is -2.58. The van der Waals surface area contributed by atoms with Crippen LogP contribution >= 0.6 is 11.6 Å². The summed E-state index contributed by atoms with van der Waals surface area (Å²) in [6.45, 7) is 1.75. The second-order valence-electron chi connectivity index (χ2n) is 5.55. The van der Waals surface area contributed by atoms with Crippen molar-refractivity contribution in [2.45, 2.75) is 18.2 Å². The van der Waals surface area contributed by atoms with E-state index in [1.165, 1.54) is 24.3 Å². The van der Waals surface area contributed by atoms with Crippen LogP contribution in [-0.2, 0) is 19.6 Å². The molecule has 25 heavy (non-hydrogen) atoms. The number of carbonyl (C=O) groups is 2. The Morgan fingerprint density at radius 1 is 1.00 bits per heavy atom. The number of anilines is 3. The predicted molar refractivity (Wildman–Crippen MR) is 95.3 cm³/mol. The summed E-state index contributed by atoms with van der Waals surface area (Å²) >= 11 is 5.91. The minimum atomic E-state index is -3.90. The Morgan fingerprint density at radius 3 is 2.40 bits per heavy atom. The number of sulfonamides is 1. The summed E-state index contributed by atoms with van der Waals surface area (Å²) in [6, 6.07) is 8.94. The van der Waals surface area contributed by atoms with Gasteiger partial charge in [0.25, 0.3) is 10.0 Å². The summed E-state index contributed by atoms with van der Waals surface area (Å²) in [5, 5.41) is 5.46. The quantitative estimate of drug-likeness (QED) is 0.713. The molecule has 0 bridgehead atoms. The molecule has 0 atom stereocenters. The van der Waals surface area contributed by atoms with Crippen molar-refractivity contribution in [2.75, 3.05) is 15.4 Å². The van der Waals surface area contributed by atoms with Crippen LogP contribution in [0.2, 0.25) is 5.02 Å². The summed E-state index contributed by atoms with van der Waals surface area (Å²) in [5.74, 6) is -0.969. The zero-order valence-electron chi connectivity index (χ0n) is 13.1. The van der Waals surface area contributed by atoms with Crippen molar-refractivity contribution in [2.24, 2.45) is 0 Å². The normalized spacial score (nSPS) is 14.2. The molecule has 1 aliphatic heterocycles. The molecule has 0 radical (unpaired) electrons. The molecule has 2 aromatic carbocycles. The fourth-order valence-electron chi connectivity index (χ4n) is 2.35. The molecular weight excluding hydrogens is 366 g/mol. The number of hydrogen-bond acceptors (Lipinski definition) is 4. The number of fused-ring (bicyclic) bond motifs is 1. The first-order chi connectivity index (χ1) is 11.7. The molecule has 2 amide bonds. The standard InChI is InChI=1S/C16H14ClN3O4S/c1-9-2-3-10(17)6-13(9)20-25(23,24)11-4-5-12-14(7-11)19-16(22)8-15(21)18-12/h2-7,20H,8H2,1H3,(H,18,21)(H,19,22). The van der Waals surface area contributed by atoms with E-state index >= 15 is 0 Å². The summed E-state index contributed by atoms with van der Waals surface area (Å²) in [6.07, 6.45) is -0.323. The molecule has 3 rings (SSSR count). The van der Waals surface area contributed by atoms with E-state index in [9.17, 15) is 18.0 Å². The molecule has 7 nitrogen and oxygen atoms in total. The van der Waals surface area contributed by atoms with Gasteiger partial charge in [-0.2, -0.15) is 0 Å². The molecule has 0 fully saturated rings. The monoisotopic (exact) mass is 379 g/mol. The highest BCUT2D eigenvalue weighted by Crippen LogP contribution is 2.29. The molecule has 130 valence electrons. The summed E-state index contributed by atoms with van der Waals surface area (Å²) in [7, 11) is -3.90. The van der Waals surface area contributed by atoms with Gasteiger partial charge in [0.2, 0.25) is 11.8 Å². The van der Waals surface area contributed by atoms with Crippen LogP contribution < -0.4 is 15.4 Å². The number of hydrogen-bond donors (Lipinski definition) is 3.